The van der Waals surface area contributed by atoms with Gasteiger partial charge in [-0.2, -0.15) is 5.10 Å². The van der Waals surface area contributed by atoms with E-state index in [1.165, 1.54) is 17.1 Å². The van der Waals surface area contributed by atoms with Crippen LogP contribution in [0.3, 0.4) is 0 Å². The molecule has 2 aliphatic rings. The number of nitrogens with zero attached hydrogens (tertiary/aromatic N) is 4. The van der Waals surface area contributed by atoms with Crippen LogP contribution in [0.5, 0.6) is 0 Å². The maximum absolute atomic E-state index is 13.0. The predicted octanol–water partition coefficient (Wildman–Crippen LogP) is 1.47. The van der Waals surface area contributed by atoms with Crippen LogP contribution in [0.25, 0.3) is 0 Å². The molecule has 1 aromatic rings. The third-order valence-corrected chi connectivity index (χ3v) is 4.65. The van der Waals surface area contributed by atoms with Crippen molar-refractivity contribution in [1.82, 2.24) is 14.8 Å². The molecule has 3 rings (SSSR count). The fourth-order valence-electron chi connectivity index (χ4n) is 3.19. The maximum Gasteiger partial charge on any atom is 0.270 e. The minimum absolute atomic E-state index is 0.0575. The summed E-state index contributed by atoms with van der Waals surface area (Å²) in [7, 11) is 1.58. The molecule has 1 aromatic carbocycles. The molecule has 6 nitrogen and oxygen atoms in total. The quantitative estimate of drug-likeness (QED) is 0.833. The number of rotatable bonds is 3. The third-order valence-electron chi connectivity index (χ3n) is 4.65. The topological polar surface area (TPSA) is 56.2 Å². The molecule has 0 N–H and O–H groups in total. The van der Waals surface area contributed by atoms with E-state index in [9.17, 15) is 14.0 Å². The highest BCUT2D eigenvalue weighted by Crippen LogP contribution is 2.13. The van der Waals surface area contributed by atoms with E-state index in [-0.39, 0.29) is 17.6 Å². The Hall–Kier alpha value is -2.28. The number of hydrogen-bond donors (Lipinski definition) is 0. The molecule has 2 amide bonds. The van der Waals surface area contributed by atoms with Gasteiger partial charge in [0.2, 0.25) is 5.91 Å². The Morgan fingerprint density at radius 3 is 2.60 bits per heavy atom. The minimum Gasteiger partial charge on any atom is -0.336 e. The van der Waals surface area contributed by atoms with Crippen LogP contribution in [0.2, 0.25) is 0 Å². The van der Waals surface area contributed by atoms with Crippen LogP contribution in [-0.2, 0) is 16.1 Å². The summed E-state index contributed by atoms with van der Waals surface area (Å²) in [5.74, 6) is -0.353. The van der Waals surface area contributed by atoms with E-state index in [0.717, 1.165) is 31.6 Å². The van der Waals surface area contributed by atoms with E-state index >= 15 is 0 Å². The zero-order valence-electron chi connectivity index (χ0n) is 14.4. The number of carbonyl (C=O) groups excluding carboxylic acids is 2. The van der Waals surface area contributed by atoms with Crippen molar-refractivity contribution >= 4 is 17.5 Å². The summed E-state index contributed by atoms with van der Waals surface area (Å²) >= 11 is 0. The van der Waals surface area contributed by atoms with Crippen LogP contribution in [0.15, 0.2) is 29.4 Å². The molecule has 2 heterocycles. The Morgan fingerprint density at radius 1 is 1.12 bits per heavy atom. The minimum atomic E-state index is -0.229. The molecular formula is C18H23FN4O2. The molecule has 0 aliphatic carbocycles. The third kappa shape index (κ3) is 4.42. The van der Waals surface area contributed by atoms with E-state index in [4.69, 9.17) is 0 Å². The molecular weight excluding hydrogens is 323 g/mol. The van der Waals surface area contributed by atoms with Crippen molar-refractivity contribution in [2.24, 2.45) is 5.10 Å². The second-order valence-electron chi connectivity index (χ2n) is 6.51. The number of hydrazone groups is 1. The lowest BCUT2D eigenvalue weighted by Gasteiger charge is -2.25. The molecule has 1 fully saturated rings. The van der Waals surface area contributed by atoms with Gasteiger partial charge in [-0.15, -0.1) is 0 Å². The van der Waals surface area contributed by atoms with Gasteiger partial charge in [0.05, 0.1) is 0 Å². The van der Waals surface area contributed by atoms with E-state index in [1.54, 1.807) is 19.2 Å². The first-order valence-electron chi connectivity index (χ1n) is 8.63. The lowest BCUT2D eigenvalue weighted by molar-refractivity contribution is -0.130. The van der Waals surface area contributed by atoms with Crippen LogP contribution in [-0.4, -0.2) is 65.6 Å². The van der Waals surface area contributed by atoms with Crippen LogP contribution < -0.4 is 0 Å². The van der Waals surface area contributed by atoms with Crippen LogP contribution >= 0.6 is 0 Å². The lowest BCUT2D eigenvalue weighted by Crippen LogP contribution is -2.42. The number of halogens is 1. The summed E-state index contributed by atoms with van der Waals surface area (Å²) < 4.78 is 13.0. The normalized spacial score (nSPS) is 19.6. The zero-order valence-corrected chi connectivity index (χ0v) is 14.4. The summed E-state index contributed by atoms with van der Waals surface area (Å²) in [6.45, 7) is 3.74. The average molecular weight is 346 g/mol. The summed E-state index contributed by atoms with van der Waals surface area (Å²) in [5.41, 5.74) is 1.53. The van der Waals surface area contributed by atoms with Gasteiger partial charge in [0.1, 0.15) is 11.5 Å². The molecule has 2 aliphatic heterocycles. The zero-order chi connectivity index (χ0) is 17.8. The van der Waals surface area contributed by atoms with Gasteiger partial charge >= 0.3 is 0 Å². The number of carbonyl (C=O) groups is 2. The molecule has 0 atom stereocenters. The second kappa shape index (κ2) is 7.74. The standard InChI is InChI=1S/C18H23FN4O2/c1-21-17(24)8-7-16(20-21)18(25)23-10-2-9-22(11-12-23)13-14-3-5-15(19)6-4-14/h3-6H,2,7-13H2,1H3. The van der Waals surface area contributed by atoms with E-state index in [0.29, 0.717) is 31.6 Å². The molecule has 7 heteroatoms. The van der Waals surface area contributed by atoms with E-state index in [1.807, 2.05) is 4.90 Å². The first kappa shape index (κ1) is 17.5. The van der Waals surface area contributed by atoms with Crippen molar-refractivity contribution in [2.45, 2.75) is 25.8 Å². The van der Waals surface area contributed by atoms with Crippen LogP contribution in [0, 0.1) is 5.82 Å². The number of hydrogen-bond acceptors (Lipinski definition) is 4. The summed E-state index contributed by atoms with van der Waals surface area (Å²) in [5, 5.41) is 5.38. The number of benzene rings is 1. The molecule has 0 aromatic heterocycles. The lowest BCUT2D eigenvalue weighted by atomic mass is 10.1. The Kier molecular flexibility index (Phi) is 5.43. The van der Waals surface area contributed by atoms with Gasteiger partial charge in [0.15, 0.2) is 0 Å². The Bertz CT molecular complexity index is 674. The maximum atomic E-state index is 13.0. The van der Waals surface area contributed by atoms with Crippen molar-refractivity contribution in [3.8, 4) is 0 Å². The fraction of sp³-hybridized carbons (Fsp3) is 0.500. The van der Waals surface area contributed by atoms with Gasteiger partial charge in [-0.05, 0) is 24.1 Å². The SMILES string of the molecule is CN1N=C(C(=O)N2CCCN(Cc3ccc(F)cc3)CC2)CCC1=O. The molecule has 25 heavy (non-hydrogen) atoms. The van der Waals surface area contributed by atoms with Crippen LogP contribution in [0.1, 0.15) is 24.8 Å². The van der Waals surface area contributed by atoms with Crippen molar-refractivity contribution < 1.29 is 14.0 Å². The van der Waals surface area contributed by atoms with Gasteiger partial charge in [-0.1, -0.05) is 12.1 Å². The highest BCUT2D eigenvalue weighted by Gasteiger charge is 2.27. The average Bonchev–Trinajstić information content (AvgIpc) is 2.84. The van der Waals surface area contributed by atoms with Gasteiger partial charge in [0, 0.05) is 52.6 Å². The highest BCUT2D eigenvalue weighted by atomic mass is 19.1. The van der Waals surface area contributed by atoms with Gasteiger partial charge < -0.3 is 4.90 Å². The molecule has 134 valence electrons. The Labute approximate surface area is 146 Å². The van der Waals surface area contributed by atoms with Gasteiger partial charge in [-0.3, -0.25) is 14.5 Å². The van der Waals surface area contributed by atoms with Gasteiger partial charge in [-0.25, -0.2) is 9.40 Å². The largest absolute Gasteiger partial charge is 0.336 e. The van der Waals surface area contributed by atoms with Crippen LogP contribution in [0.4, 0.5) is 4.39 Å². The second-order valence-corrected chi connectivity index (χ2v) is 6.51. The Morgan fingerprint density at radius 2 is 1.88 bits per heavy atom. The molecule has 0 bridgehead atoms. The molecule has 0 spiro atoms. The van der Waals surface area contributed by atoms with Crippen molar-refractivity contribution in [2.75, 3.05) is 33.2 Å². The number of amides is 2. The summed E-state index contributed by atoms with van der Waals surface area (Å²) in [6.07, 6.45) is 1.64. The molecule has 0 unspecified atom stereocenters. The van der Waals surface area contributed by atoms with E-state index < -0.39 is 0 Å². The first-order valence-corrected chi connectivity index (χ1v) is 8.63. The molecule has 0 saturated carbocycles. The monoisotopic (exact) mass is 346 g/mol. The summed E-state index contributed by atoms with van der Waals surface area (Å²) in [4.78, 5) is 28.3. The van der Waals surface area contributed by atoms with E-state index in [2.05, 4.69) is 10.0 Å². The fourth-order valence-corrected chi connectivity index (χ4v) is 3.19. The predicted molar refractivity (Wildman–Crippen MR) is 92.3 cm³/mol. The highest BCUT2D eigenvalue weighted by molar-refractivity contribution is 6.39. The van der Waals surface area contributed by atoms with Crippen molar-refractivity contribution in [3.63, 3.8) is 0 Å². The van der Waals surface area contributed by atoms with Crippen molar-refractivity contribution in [1.29, 1.82) is 0 Å². The first-order chi connectivity index (χ1) is 12.0. The van der Waals surface area contributed by atoms with Gasteiger partial charge in [0.25, 0.3) is 5.91 Å². The Balaban J connectivity index is 1.58. The summed E-state index contributed by atoms with van der Waals surface area (Å²) in [6, 6.07) is 6.55. The molecule has 0 radical (unpaired) electrons. The molecule has 1 saturated heterocycles. The smallest absolute Gasteiger partial charge is 0.270 e. The van der Waals surface area contributed by atoms with Crippen molar-refractivity contribution in [3.05, 3.63) is 35.6 Å².